The van der Waals surface area contributed by atoms with E-state index in [1.807, 2.05) is 6.20 Å². The highest BCUT2D eigenvalue weighted by Gasteiger charge is 2.16. The van der Waals surface area contributed by atoms with Gasteiger partial charge in [-0.05, 0) is 5.41 Å². The molecule has 1 aliphatic heterocycles. The van der Waals surface area contributed by atoms with Crippen molar-refractivity contribution >= 4 is 0 Å². The topological polar surface area (TPSA) is 37.8 Å². The van der Waals surface area contributed by atoms with Gasteiger partial charge >= 0.3 is 0 Å². The first kappa shape index (κ1) is 10.6. The van der Waals surface area contributed by atoms with Gasteiger partial charge in [-0.15, -0.1) is 0 Å². The smallest absolute Gasteiger partial charge is 0.129 e. The summed E-state index contributed by atoms with van der Waals surface area (Å²) in [6.45, 7) is 8.62. The van der Waals surface area contributed by atoms with Crippen molar-refractivity contribution in [3.05, 3.63) is 23.3 Å². The molecule has 2 heterocycles. The normalized spacial score (nSPS) is 16.2. The van der Waals surface area contributed by atoms with E-state index in [0.717, 1.165) is 31.8 Å². The fraction of sp³-hybridized carbons (Fsp3) is 0.667. The first-order valence-corrected chi connectivity index (χ1v) is 5.59. The van der Waals surface area contributed by atoms with Crippen molar-refractivity contribution in [3.63, 3.8) is 0 Å². The van der Waals surface area contributed by atoms with Crippen molar-refractivity contribution in [1.82, 2.24) is 15.3 Å². The van der Waals surface area contributed by atoms with E-state index in [0.29, 0.717) is 0 Å². The molecule has 0 radical (unpaired) electrons. The van der Waals surface area contributed by atoms with Gasteiger partial charge in [-0.1, -0.05) is 20.8 Å². The van der Waals surface area contributed by atoms with Crippen LogP contribution in [0.3, 0.4) is 0 Å². The molecule has 3 heteroatoms. The molecule has 0 aromatic carbocycles. The molecular formula is C12H19N3. The predicted octanol–water partition coefficient (Wildman–Crippen LogP) is 1.71. The number of hydrogen-bond donors (Lipinski definition) is 1. The Hall–Kier alpha value is -0.960. The molecular weight excluding hydrogens is 186 g/mol. The summed E-state index contributed by atoms with van der Waals surface area (Å²) < 4.78 is 0. The second kappa shape index (κ2) is 3.89. The fourth-order valence-electron chi connectivity index (χ4n) is 1.84. The number of rotatable bonds is 1. The Kier molecular flexibility index (Phi) is 2.74. The van der Waals surface area contributed by atoms with Crippen molar-refractivity contribution < 1.29 is 0 Å². The van der Waals surface area contributed by atoms with Crippen LogP contribution >= 0.6 is 0 Å². The largest absolute Gasteiger partial charge is 0.312 e. The molecule has 82 valence electrons. The van der Waals surface area contributed by atoms with Crippen LogP contribution in [0.1, 0.15) is 37.9 Å². The van der Waals surface area contributed by atoms with Crippen LogP contribution in [0.25, 0.3) is 0 Å². The molecule has 0 amide bonds. The third kappa shape index (κ3) is 2.75. The van der Waals surface area contributed by atoms with Crippen molar-refractivity contribution in [2.75, 3.05) is 6.54 Å². The van der Waals surface area contributed by atoms with Crippen LogP contribution in [0.15, 0.2) is 6.20 Å². The van der Waals surface area contributed by atoms with Gasteiger partial charge in [-0.3, -0.25) is 0 Å². The highest BCUT2D eigenvalue weighted by Crippen LogP contribution is 2.19. The molecule has 0 fully saturated rings. The Morgan fingerprint density at radius 1 is 1.40 bits per heavy atom. The summed E-state index contributed by atoms with van der Waals surface area (Å²) in [4.78, 5) is 9.07. The highest BCUT2D eigenvalue weighted by atomic mass is 14.9. The summed E-state index contributed by atoms with van der Waals surface area (Å²) in [5.41, 5.74) is 2.77. The van der Waals surface area contributed by atoms with Crippen molar-refractivity contribution in [2.45, 2.75) is 40.2 Å². The molecule has 1 aliphatic rings. The lowest BCUT2D eigenvalue weighted by Crippen LogP contribution is -2.25. The molecule has 0 unspecified atom stereocenters. The minimum absolute atomic E-state index is 0.265. The molecule has 0 atom stereocenters. The van der Waals surface area contributed by atoms with E-state index in [1.54, 1.807) is 0 Å². The zero-order chi connectivity index (χ0) is 10.9. The summed E-state index contributed by atoms with van der Waals surface area (Å²) in [6.07, 6.45) is 3.97. The van der Waals surface area contributed by atoms with E-state index in [1.165, 1.54) is 11.3 Å². The van der Waals surface area contributed by atoms with Gasteiger partial charge in [0.25, 0.3) is 0 Å². The average molecular weight is 205 g/mol. The van der Waals surface area contributed by atoms with E-state index in [9.17, 15) is 0 Å². The van der Waals surface area contributed by atoms with Crippen LogP contribution in [0.2, 0.25) is 0 Å². The Morgan fingerprint density at radius 2 is 2.20 bits per heavy atom. The maximum Gasteiger partial charge on any atom is 0.129 e. The number of hydrogen-bond acceptors (Lipinski definition) is 3. The number of nitrogens with zero attached hydrogens (tertiary/aromatic N) is 2. The van der Waals surface area contributed by atoms with E-state index >= 15 is 0 Å². The van der Waals surface area contributed by atoms with E-state index in [2.05, 4.69) is 36.1 Å². The molecule has 0 aliphatic carbocycles. The Morgan fingerprint density at radius 3 is 2.93 bits per heavy atom. The van der Waals surface area contributed by atoms with E-state index in [-0.39, 0.29) is 5.41 Å². The number of aromatic nitrogens is 2. The summed E-state index contributed by atoms with van der Waals surface area (Å²) >= 11 is 0. The zero-order valence-corrected chi connectivity index (χ0v) is 9.80. The molecule has 3 nitrogen and oxygen atoms in total. The molecule has 0 saturated heterocycles. The highest BCUT2D eigenvalue weighted by molar-refractivity contribution is 5.20. The first-order valence-electron chi connectivity index (χ1n) is 5.59. The predicted molar refractivity (Wildman–Crippen MR) is 60.6 cm³/mol. The van der Waals surface area contributed by atoms with Crippen LogP contribution in [-0.4, -0.2) is 16.5 Å². The lowest BCUT2D eigenvalue weighted by molar-refractivity contribution is 0.399. The van der Waals surface area contributed by atoms with Gasteiger partial charge in [-0.2, -0.15) is 0 Å². The molecule has 0 saturated carbocycles. The molecule has 1 aromatic heterocycles. The van der Waals surface area contributed by atoms with Gasteiger partial charge in [0, 0.05) is 43.4 Å². The molecule has 15 heavy (non-hydrogen) atoms. The average Bonchev–Trinajstić information content (AvgIpc) is 2.15. The Bertz CT molecular complexity index is 352. The lowest BCUT2D eigenvalue weighted by Gasteiger charge is -2.20. The lowest BCUT2D eigenvalue weighted by atomic mass is 9.92. The minimum atomic E-state index is 0.265. The molecule has 2 rings (SSSR count). The monoisotopic (exact) mass is 205 g/mol. The Labute approximate surface area is 91.3 Å². The van der Waals surface area contributed by atoms with Crippen LogP contribution in [0, 0.1) is 5.41 Å². The number of fused-ring (bicyclic) bond motifs is 1. The summed E-state index contributed by atoms with van der Waals surface area (Å²) in [5.74, 6) is 0.989. The van der Waals surface area contributed by atoms with Gasteiger partial charge in [0.15, 0.2) is 0 Å². The third-order valence-corrected chi connectivity index (χ3v) is 2.55. The molecule has 0 bridgehead atoms. The van der Waals surface area contributed by atoms with Gasteiger partial charge in [0.2, 0.25) is 0 Å². The first-order chi connectivity index (χ1) is 7.04. The third-order valence-electron chi connectivity index (χ3n) is 2.55. The standard InChI is InChI=1S/C12H19N3/c1-12(2,3)6-11-14-8-9-7-13-5-4-10(9)15-11/h8,13H,4-7H2,1-3H3. The zero-order valence-electron chi connectivity index (χ0n) is 9.80. The van der Waals surface area contributed by atoms with Gasteiger partial charge < -0.3 is 5.32 Å². The van der Waals surface area contributed by atoms with E-state index in [4.69, 9.17) is 0 Å². The van der Waals surface area contributed by atoms with Crippen LogP contribution in [0.4, 0.5) is 0 Å². The second-order valence-electron chi connectivity index (χ2n) is 5.42. The number of nitrogens with one attached hydrogen (secondary N) is 1. The van der Waals surface area contributed by atoms with Gasteiger partial charge in [0.1, 0.15) is 5.82 Å². The van der Waals surface area contributed by atoms with Crippen LogP contribution in [0.5, 0.6) is 0 Å². The van der Waals surface area contributed by atoms with Crippen LogP contribution < -0.4 is 5.32 Å². The van der Waals surface area contributed by atoms with Gasteiger partial charge in [-0.25, -0.2) is 9.97 Å². The SMILES string of the molecule is CC(C)(C)Cc1ncc2c(n1)CCNC2. The maximum atomic E-state index is 4.65. The Balaban J connectivity index is 2.21. The van der Waals surface area contributed by atoms with Crippen LogP contribution in [-0.2, 0) is 19.4 Å². The second-order valence-corrected chi connectivity index (χ2v) is 5.42. The van der Waals surface area contributed by atoms with Crippen molar-refractivity contribution in [1.29, 1.82) is 0 Å². The van der Waals surface area contributed by atoms with Gasteiger partial charge in [0.05, 0.1) is 0 Å². The van der Waals surface area contributed by atoms with Crippen molar-refractivity contribution in [2.24, 2.45) is 5.41 Å². The molecule has 1 N–H and O–H groups in total. The fourth-order valence-corrected chi connectivity index (χ4v) is 1.84. The maximum absolute atomic E-state index is 4.65. The van der Waals surface area contributed by atoms with Crippen molar-refractivity contribution in [3.8, 4) is 0 Å². The molecule has 1 aromatic rings. The molecule has 0 spiro atoms. The summed E-state index contributed by atoms with van der Waals surface area (Å²) in [5, 5.41) is 3.33. The summed E-state index contributed by atoms with van der Waals surface area (Å²) in [7, 11) is 0. The van der Waals surface area contributed by atoms with E-state index < -0.39 is 0 Å². The summed E-state index contributed by atoms with van der Waals surface area (Å²) in [6, 6.07) is 0. The quantitative estimate of drug-likeness (QED) is 0.758. The minimum Gasteiger partial charge on any atom is -0.312 e.